The van der Waals surface area contributed by atoms with E-state index in [1.807, 2.05) is 12.1 Å². The summed E-state index contributed by atoms with van der Waals surface area (Å²) < 4.78 is 11.3. The van der Waals surface area contributed by atoms with Crippen LogP contribution >= 0.6 is 0 Å². The number of amides is 1. The van der Waals surface area contributed by atoms with E-state index in [9.17, 15) is 4.79 Å². The van der Waals surface area contributed by atoms with Crippen LogP contribution in [0.4, 0.5) is 0 Å². The third-order valence-corrected chi connectivity index (χ3v) is 5.28. The van der Waals surface area contributed by atoms with Gasteiger partial charge in [0, 0.05) is 6.42 Å². The molecule has 5 heteroatoms. The minimum absolute atomic E-state index is 0.107. The molecule has 2 fully saturated rings. The number of ether oxygens (including phenoxy) is 2. The fraction of sp³-hybridized carbons (Fsp3) is 0.632. The van der Waals surface area contributed by atoms with Gasteiger partial charge in [-0.05, 0) is 68.3 Å². The van der Waals surface area contributed by atoms with Crippen LogP contribution in [-0.4, -0.2) is 32.2 Å². The maximum Gasteiger partial charge on any atom is 0.220 e. The Labute approximate surface area is 143 Å². The van der Waals surface area contributed by atoms with Gasteiger partial charge in [0.05, 0.1) is 6.04 Å². The zero-order valence-corrected chi connectivity index (χ0v) is 14.1. The number of benzene rings is 1. The van der Waals surface area contributed by atoms with Gasteiger partial charge in [0.25, 0.3) is 0 Å². The van der Waals surface area contributed by atoms with Gasteiger partial charge in [-0.15, -0.1) is 0 Å². The lowest BCUT2D eigenvalue weighted by atomic mass is 9.99. The van der Waals surface area contributed by atoms with Crippen molar-refractivity contribution < 1.29 is 14.3 Å². The standard InChI is InChI=1S/C19H26N2O3/c22-18(6-1-13-7-8-20-12-13)21-19(14-2-3-14)15-4-5-16-17(11-15)24-10-9-23-16/h4-5,11,13-14,19-20H,1-3,6-10,12H2,(H,21,22). The van der Waals surface area contributed by atoms with Crippen LogP contribution in [0.3, 0.4) is 0 Å². The number of fused-ring (bicyclic) bond motifs is 1. The second-order valence-corrected chi connectivity index (χ2v) is 7.18. The van der Waals surface area contributed by atoms with Gasteiger partial charge in [-0.3, -0.25) is 4.79 Å². The van der Waals surface area contributed by atoms with Crippen LogP contribution in [0.1, 0.15) is 43.7 Å². The average Bonchev–Trinajstić information content (AvgIpc) is 3.32. The van der Waals surface area contributed by atoms with Crippen LogP contribution in [0.15, 0.2) is 18.2 Å². The Bertz CT molecular complexity index is 594. The molecule has 1 saturated heterocycles. The molecular formula is C19H26N2O3. The second kappa shape index (κ2) is 7.01. The Hall–Kier alpha value is -1.75. The first-order valence-electron chi connectivity index (χ1n) is 9.19. The van der Waals surface area contributed by atoms with E-state index in [-0.39, 0.29) is 11.9 Å². The van der Waals surface area contributed by atoms with Crippen molar-refractivity contribution in [2.75, 3.05) is 26.3 Å². The lowest BCUT2D eigenvalue weighted by molar-refractivity contribution is -0.122. The summed E-state index contributed by atoms with van der Waals surface area (Å²) in [6.45, 7) is 3.34. The lowest BCUT2D eigenvalue weighted by Gasteiger charge is -2.23. The normalized spacial score (nSPS) is 23.8. The van der Waals surface area contributed by atoms with Crippen LogP contribution in [0.2, 0.25) is 0 Å². The maximum absolute atomic E-state index is 12.4. The smallest absolute Gasteiger partial charge is 0.220 e. The predicted molar refractivity (Wildman–Crippen MR) is 91.3 cm³/mol. The zero-order chi connectivity index (χ0) is 16.4. The van der Waals surface area contributed by atoms with Gasteiger partial charge < -0.3 is 20.1 Å². The first-order valence-corrected chi connectivity index (χ1v) is 9.19. The van der Waals surface area contributed by atoms with Crippen molar-refractivity contribution in [1.82, 2.24) is 10.6 Å². The Balaban J connectivity index is 1.39. The highest BCUT2D eigenvalue weighted by atomic mass is 16.6. The zero-order valence-electron chi connectivity index (χ0n) is 14.1. The van der Waals surface area contributed by atoms with E-state index in [1.165, 1.54) is 19.3 Å². The van der Waals surface area contributed by atoms with E-state index in [2.05, 4.69) is 16.7 Å². The summed E-state index contributed by atoms with van der Waals surface area (Å²) in [4.78, 5) is 12.4. The molecule has 4 rings (SSSR count). The first kappa shape index (κ1) is 15.8. The van der Waals surface area contributed by atoms with E-state index in [1.54, 1.807) is 0 Å². The third-order valence-electron chi connectivity index (χ3n) is 5.28. The fourth-order valence-corrected chi connectivity index (χ4v) is 3.70. The first-order chi connectivity index (χ1) is 11.8. The van der Waals surface area contributed by atoms with E-state index >= 15 is 0 Å². The molecule has 2 atom stereocenters. The van der Waals surface area contributed by atoms with Gasteiger partial charge in [-0.1, -0.05) is 6.07 Å². The number of nitrogens with one attached hydrogen (secondary N) is 2. The predicted octanol–water partition coefficient (Wildman–Crippen LogP) is 2.41. The number of hydrogen-bond donors (Lipinski definition) is 2. The monoisotopic (exact) mass is 330 g/mol. The summed E-state index contributed by atoms with van der Waals surface area (Å²) in [7, 11) is 0. The van der Waals surface area contributed by atoms with E-state index in [4.69, 9.17) is 9.47 Å². The molecule has 2 unspecified atom stereocenters. The van der Waals surface area contributed by atoms with Crippen molar-refractivity contribution in [1.29, 1.82) is 0 Å². The van der Waals surface area contributed by atoms with Crippen LogP contribution < -0.4 is 20.1 Å². The van der Waals surface area contributed by atoms with Crippen molar-refractivity contribution in [2.24, 2.45) is 11.8 Å². The molecule has 2 aliphatic heterocycles. The van der Waals surface area contributed by atoms with Crippen molar-refractivity contribution in [3.63, 3.8) is 0 Å². The second-order valence-electron chi connectivity index (χ2n) is 7.18. The molecule has 1 saturated carbocycles. The molecule has 1 aromatic rings. The SMILES string of the molecule is O=C(CCC1CCNC1)NC(c1ccc2c(c1)OCCO2)C1CC1. The lowest BCUT2D eigenvalue weighted by Crippen LogP contribution is -2.30. The molecule has 1 aliphatic carbocycles. The molecule has 1 aromatic carbocycles. The molecule has 2 heterocycles. The topological polar surface area (TPSA) is 59.6 Å². The Morgan fingerprint density at radius 2 is 2.04 bits per heavy atom. The Morgan fingerprint density at radius 1 is 1.21 bits per heavy atom. The van der Waals surface area contributed by atoms with E-state index < -0.39 is 0 Å². The summed E-state index contributed by atoms with van der Waals surface area (Å²) in [6, 6.07) is 6.18. The summed E-state index contributed by atoms with van der Waals surface area (Å²) in [5, 5.41) is 6.63. The molecule has 1 amide bonds. The van der Waals surface area contributed by atoms with Crippen LogP contribution in [0.25, 0.3) is 0 Å². The minimum atomic E-state index is 0.107. The van der Waals surface area contributed by atoms with E-state index in [0.717, 1.165) is 36.6 Å². The molecule has 2 N–H and O–H groups in total. The molecule has 0 bridgehead atoms. The molecule has 0 spiro atoms. The van der Waals surface area contributed by atoms with Crippen molar-refractivity contribution in [2.45, 2.75) is 38.1 Å². The summed E-state index contributed by atoms with van der Waals surface area (Å²) in [6.07, 6.45) is 5.18. The summed E-state index contributed by atoms with van der Waals surface area (Å²) >= 11 is 0. The van der Waals surface area contributed by atoms with Gasteiger partial charge in [-0.25, -0.2) is 0 Å². The van der Waals surface area contributed by atoms with Gasteiger partial charge in [-0.2, -0.15) is 0 Å². The van der Waals surface area contributed by atoms with Crippen molar-refractivity contribution in [3.05, 3.63) is 23.8 Å². The molecule has 0 radical (unpaired) electrons. The number of carbonyl (C=O) groups is 1. The molecule has 130 valence electrons. The van der Waals surface area contributed by atoms with Crippen LogP contribution in [0.5, 0.6) is 11.5 Å². The van der Waals surface area contributed by atoms with Crippen LogP contribution in [-0.2, 0) is 4.79 Å². The van der Waals surface area contributed by atoms with Gasteiger partial charge >= 0.3 is 0 Å². The molecule has 0 aromatic heterocycles. The average molecular weight is 330 g/mol. The van der Waals surface area contributed by atoms with Crippen molar-refractivity contribution in [3.8, 4) is 11.5 Å². The fourth-order valence-electron chi connectivity index (χ4n) is 3.70. The highest BCUT2D eigenvalue weighted by Gasteiger charge is 2.34. The van der Waals surface area contributed by atoms with Gasteiger partial charge in [0.15, 0.2) is 11.5 Å². The number of carbonyl (C=O) groups excluding carboxylic acids is 1. The Morgan fingerprint density at radius 3 is 2.79 bits per heavy atom. The minimum Gasteiger partial charge on any atom is -0.486 e. The quantitative estimate of drug-likeness (QED) is 0.841. The van der Waals surface area contributed by atoms with Gasteiger partial charge in [0.1, 0.15) is 13.2 Å². The largest absolute Gasteiger partial charge is 0.486 e. The molecule has 5 nitrogen and oxygen atoms in total. The molecular weight excluding hydrogens is 304 g/mol. The number of rotatable bonds is 6. The summed E-state index contributed by atoms with van der Waals surface area (Å²) in [5.41, 5.74) is 1.14. The van der Waals surface area contributed by atoms with Crippen molar-refractivity contribution >= 4 is 5.91 Å². The highest BCUT2D eigenvalue weighted by Crippen LogP contribution is 2.43. The third kappa shape index (κ3) is 3.66. The maximum atomic E-state index is 12.4. The molecule has 3 aliphatic rings. The van der Waals surface area contributed by atoms with Gasteiger partial charge in [0.2, 0.25) is 5.91 Å². The highest BCUT2D eigenvalue weighted by molar-refractivity contribution is 5.76. The van der Waals surface area contributed by atoms with E-state index in [0.29, 0.717) is 31.5 Å². The summed E-state index contributed by atoms with van der Waals surface area (Å²) in [5.74, 6) is 3.00. The van der Waals surface area contributed by atoms with Crippen LogP contribution in [0, 0.1) is 11.8 Å². The molecule has 24 heavy (non-hydrogen) atoms. The number of hydrogen-bond acceptors (Lipinski definition) is 4. The Kier molecular flexibility index (Phi) is 4.60.